The minimum Gasteiger partial charge on any atom is -0.326 e. The summed E-state index contributed by atoms with van der Waals surface area (Å²) in [7, 11) is 0. The van der Waals surface area contributed by atoms with Crippen LogP contribution in [-0.4, -0.2) is 10.5 Å². The summed E-state index contributed by atoms with van der Waals surface area (Å²) >= 11 is 1.24. The number of hydrogen-bond acceptors (Lipinski definition) is 3. The van der Waals surface area contributed by atoms with E-state index in [1.165, 1.54) is 11.3 Å². The Bertz CT molecular complexity index is 723. The van der Waals surface area contributed by atoms with E-state index < -0.39 is 0 Å². The largest absolute Gasteiger partial charge is 0.326 e. The van der Waals surface area contributed by atoms with Crippen LogP contribution in [0.15, 0.2) is 23.0 Å². The first kappa shape index (κ1) is 14.3. The Morgan fingerprint density at radius 1 is 1.33 bits per heavy atom. The molecule has 5 heteroatoms. The maximum atomic E-state index is 12.2. The van der Waals surface area contributed by atoms with Crippen molar-refractivity contribution in [2.24, 2.45) is 5.92 Å². The maximum absolute atomic E-state index is 12.2. The smallest absolute Gasteiger partial charge is 0.308 e. The number of thiazole rings is 1. The molecule has 1 heterocycles. The van der Waals surface area contributed by atoms with Gasteiger partial charge >= 0.3 is 4.87 Å². The molecule has 1 aromatic carbocycles. The lowest BCUT2D eigenvalue weighted by Crippen LogP contribution is -2.20. The van der Waals surface area contributed by atoms with Crippen molar-refractivity contribution in [1.82, 2.24) is 4.57 Å². The van der Waals surface area contributed by atoms with Crippen LogP contribution >= 0.6 is 11.3 Å². The van der Waals surface area contributed by atoms with E-state index in [4.69, 9.17) is 0 Å². The predicted molar refractivity (Wildman–Crippen MR) is 87.1 cm³/mol. The molecule has 0 saturated heterocycles. The average Bonchev–Trinajstić information content (AvgIpc) is 3.04. The van der Waals surface area contributed by atoms with Gasteiger partial charge in [-0.05, 0) is 44.9 Å². The van der Waals surface area contributed by atoms with Crippen LogP contribution in [0.4, 0.5) is 5.69 Å². The Hall–Kier alpha value is -1.62. The quantitative estimate of drug-likeness (QED) is 0.938. The highest BCUT2D eigenvalue weighted by molar-refractivity contribution is 7.16. The summed E-state index contributed by atoms with van der Waals surface area (Å²) in [4.78, 5) is 24.2. The number of carbonyl (C=O) groups excluding carboxylic acids is 1. The van der Waals surface area contributed by atoms with Gasteiger partial charge in [0.25, 0.3) is 0 Å². The van der Waals surface area contributed by atoms with Gasteiger partial charge in [-0.3, -0.25) is 14.2 Å². The van der Waals surface area contributed by atoms with E-state index in [1.807, 2.05) is 32.0 Å². The van der Waals surface area contributed by atoms with Gasteiger partial charge in [0.2, 0.25) is 5.91 Å². The lowest BCUT2D eigenvalue weighted by Gasteiger charge is -2.11. The zero-order valence-corrected chi connectivity index (χ0v) is 13.2. The summed E-state index contributed by atoms with van der Waals surface area (Å²) in [5.41, 5.74) is 1.73. The van der Waals surface area contributed by atoms with E-state index in [0.717, 1.165) is 41.6 Å². The molecular weight excluding hydrogens is 284 g/mol. The molecule has 1 aromatic heterocycles. The number of nitrogens with zero attached hydrogens (tertiary/aromatic N) is 1. The van der Waals surface area contributed by atoms with Crippen molar-refractivity contribution in [3.05, 3.63) is 27.9 Å². The summed E-state index contributed by atoms with van der Waals surface area (Å²) in [6, 6.07) is 5.87. The van der Waals surface area contributed by atoms with Gasteiger partial charge < -0.3 is 5.32 Å². The summed E-state index contributed by atoms with van der Waals surface area (Å²) in [5.74, 6) is 0.266. The number of nitrogens with one attached hydrogen (secondary N) is 1. The highest BCUT2D eigenvalue weighted by Gasteiger charge is 2.22. The van der Waals surface area contributed by atoms with Crippen molar-refractivity contribution >= 4 is 33.1 Å². The van der Waals surface area contributed by atoms with Crippen LogP contribution in [0, 0.1) is 5.92 Å². The summed E-state index contributed by atoms with van der Waals surface area (Å²) in [6.07, 6.45) is 4.28. The third-order valence-electron chi connectivity index (χ3n) is 4.12. The standard InChI is InChI=1S/C16H20N2O2S/c1-10(2)18-13-8-7-12(9-14(13)21-16(18)20)17-15(19)11-5-3-4-6-11/h7-11H,3-6H2,1-2H3,(H,17,19). The second kappa shape index (κ2) is 5.64. The predicted octanol–water partition coefficient (Wildman–Crippen LogP) is 3.77. The fraction of sp³-hybridized carbons (Fsp3) is 0.500. The third-order valence-corrected chi connectivity index (χ3v) is 5.04. The van der Waals surface area contributed by atoms with Crippen molar-refractivity contribution in [2.75, 3.05) is 5.32 Å². The van der Waals surface area contributed by atoms with E-state index in [9.17, 15) is 9.59 Å². The Kier molecular flexibility index (Phi) is 3.85. The molecule has 0 unspecified atom stereocenters. The van der Waals surface area contributed by atoms with Crippen LogP contribution < -0.4 is 10.2 Å². The fourth-order valence-electron chi connectivity index (χ4n) is 3.04. The van der Waals surface area contributed by atoms with Crippen molar-refractivity contribution in [3.8, 4) is 0 Å². The zero-order chi connectivity index (χ0) is 15.0. The van der Waals surface area contributed by atoms with E-state index in [1.54, 1.807) is 4.57 Å². The number of anilines is 1. The molecule has 1 amide bonds. The Labute approximate surface area is 127 Å². The van der Waals surface area contributed by atoms with Gasteiger partial charge in [-0.2, -0.15) is 0 Å². The minimum atomic E-state index is 0.0549. The molecule has 0 bridgehead atoms. The first-order valence-corrected chi connectivity index (χ1v) is 8.34. The second-order valence-electron chi connectivity index (χ2n) is 5.98. The monoisotopic (exact) mass is 304 g/mol. The van der Waals surface area contributed by atoms with Crippen LogP contribution in [0.1, 0.15) is 45.6 Å². The van der Waals surface area contributed by atoms with Gasteiger partial charge in [0.15, 0.2) is 0 Å². The number of rotatable bonds is 3. The molecule has 3 rings (SSSR count). The molecule has 2 aromatic rings. The third kappa shape index (κ3) is 2.75. The first-order chi connectivity index (χ1) is 10.1. The molecule has 21 heavy (non-hydrogen) atoms. The second-order valence-corrected chi connectivity index (χ2v) is 6.98. The molecule has 1 saturated carbocycles. The molecule has 112 valence electrons. The number of aromatic nitrogens is 1. The highest BCUT2D eigenvalue weighted by atomic mass is 32.1. The lowest BCUT2D eigenvalue weighted by molar-refractivity contribution is -0.119. The zero-order valence-electron chi connectivity index (χ0n) is 12.4. The molecule has 4 nitrogen and oxygen atoms in total. The van der Waals surface area contributed by atoms with Gasteiger partial charge in [-0.1, -0.05) is 24.2 Å². The van der Waals surface area contributed by atoms with Gasteiger partial charge in [-0.25, -0.2) is 0 Å². The number of fused-ring (bicyclic) bond motifs is 1. The van der Waals surface area contributed by atoms with Crippen molar-refractivity contribution in [2.45, 2.75) is 45.6 Å². The highest BCUT2D eigenvalue weighted by Crippen LogP contribution is 2.28. The van der Waals surface area contributed by atoms with Crippen LogP contribution in [-0.2, 0) is 4.79 Å². The van der Waals surface area contributed by atoms with Crippen molar-refractivity contribution < 1.29 is 4.79 Å². The molecule has 0 aliphatic heterocycles. The van der Waals surface area contributed by atoms with Crippen molar-refractivity contribution in [3.63, 3.8) is 0 Å². The fourth-order valence-corrected chi connectivity index (χ4v) is 4.09. The number of amides is 1. The molecule has 1 N–H and O–H groups in total. The van der Waals surface area contributed by atoms with E-state index >= 15 is 0 Å². The molecule has 0 spiro atoms. The van der Waals surface area contributed by atoms with Crippen LogP contribution in [0.25, 0.3) is 10.2 Å². The van der Waals surface area contributed by atoms with Crippen LogP contribution in [0.2, 0.25) is 0 Å². The van der Waals surface area contributed by atoms with E-state index in [2.05, 4.69) is 5.32 Å². The Morgan fingerprint density at radius 3 is 2.71 bits per heavy atom. The molecule has 1 fully saturated rings. The number of benzene rings is 1. The van der Waals surface area contributed by atoms with Crippen LogP contribution in [0.5, 0.6) is 0 Å². The molecule has 0 atom stereocenters. The molecule has 0 radical (unpaired) electrons. The van der Waals surface area contributed by atoms with Gasteiger partial charge in [0.1, 0.15) is 0 Å². The first-order valence-electron chi connectivity index (χ1n) is 7.52. The van der Waals surface area contributed by atoms with Crippen LogP contribution in [0.3, 0.4) is 0 Å². The summed E-state index contributed by atoms with van der Waals surface area (Å²) in [5, 5.41) is 2.99. The molecule has 1 aliphatic rings. The Morgan fingerprint density at radius 2 is 2.05 bits per heavy atom. The number of hydrogen-bond donors (Lipinski definition) is 1. The molecular formula is C16H20N2O2S. The SMILES string of the molecule is CC(C)n1c(=O)sc2cc(NC(=O)C3CCCC3)ccc21. The van der Waals surface area contributed by atoms with Gasteiger partial charge in [0.05, 0.1) is 10.2 Å². The minimum absolute atomic E-state index is 0.0549. The maximum Gasteiger partial charge on any atom is 0.308 e. The van der Waals surface area contributed by atoms with Crippen molar-refractivity contribution in [1.29, 1.82) is 0 Å². The lowest BCUT2D eigenvalue weighted by atomic mass is 10.1. The molecule has 1 aliphatic carbocycles. The normalized spacial score (nSPS) is 16.0. The number of carbonyl (C=O) groups is 1. The van der Waals surface area contributed by atoms with E-state index in [0.29, 0.717) is 0 Å². The van der Waals surface area contributed by atoms with E-state index in [-0.39, 0.29) is 22.7 Å². The summed E-state index contributed by atoms with van der Waals surface area (Å²) in [6.45, 7) is 4.01. The Balaban J connectivity index is 1.88. The average molecular weight is 304 g/mol. The van der Waals surface area contributed by atoms with Gasteiger partial charge in [0, 0.05) is 17.6 Å². The summed E-state index contributed by atoms with van der Waals surface area (Å²) < 4.78 is 2.72. The van der Waals surface area contributed by atoms with Gasteiger partial charge in [-0.15, -0.1) is 0 Å². The topological polar surface area (TPSA) is 51.1 Å².